The number of likely N-dealkylation sites (tertiary alicyclic amines) is 1. The SMILES string of the molecule is CN1CCC(NCc2cccnc2Cl)C1=O. The molecule has 2 rings (SSSR count). The quantitative estimate of drug-likeness (QED) is 0.803. The molecule has 0 aromatic carbocycles. The third-order valence-electron chi connectivity index (χ3n) is 2.80. The van der Waals surface area contributed by atoms with Crippen molar-refractivity contribution in [2.75, 3.05) is 13.6 Å². The smallest absolute Gasteiger partial charge is 0.239 e. The molecule has 0 spiro atoms. The predicted molar refractivity (Wildman–Crippen MR) is 62.1 cm³/mol. The van der Waals surface area contributed by atoms with Crippen LogP contribution in [0, 0.1) is 0 Å². The second kappa shape index (κ2) is 4.80. The van der Waals surface area contributed by atoms with Crippen molar-refractivity contribution < 1.29 is 4.79 Å². The normalized spacial score (nSPS) is 20.5. The standard InChI is InChI=1S/C11H14ClN3O/c1-15-6-4-9(11(15)16)14-7-8-3-2-5-13-10(8)12/h2-3,5,9,14H,4,6-7H2,1H3. The third-order valence-corrected chi connectivity index (χ3v) is 3.14. The maximum atomic E-state index is 11.6. The van der Waals surface area contributed by atoms with Crippen LogP contribution < -0.4 is 5.32 Å². The van der Waals surface area contributed by atoms with Crippen LogP contribution in [0.15, 0.2) is 18.3 Å². The first kappa shape index (κ1) is 11.4. The van der Waals surface area contributed by atoms with Gasteiger partial charge in [0, 0.05) is 31.9 Å². The Labute approximate surface area is 99.6 Å². The summed E-state index contributed by atoms with van der Waals surface area (Å²) in [4.78, 5) is 17.4. The van der Waals surface area contributed by atoms with Gasteiger partial charge in [-0.05, 0) is 12.5 Å². The summed E-state index contributed by atoms with van der Waals surface area (Å²) in [6.45, 7) is 1.40. The highest BCUT2D eigenvalue weighted by Gasteiger charge is 2.28. The Morgan fingerprint density at radius 3 is 3.12 bits per heavy atom. The fraction of sp³-hybridized carbons (Fsp3) is 0.455. The molecule has 0 aliphatic carbocycles. The molecular weight excluding hydrogens is 226 g/mol. The van der Waals surface area contributed by atoms with Crippen LogP contribution in [-0.2, 0) is 11.3 Å². The average molecular weight is 240 g/mol. The molecule has 86 valence electrons. The van der Waals surface area contributed by atoms with Crippen molar-refractivity contribution in [3.8, 4) is 0 Å². The Morgan fingerprint density at radius 2 is 2.50 bits per heavy atom. The predicted octanol–water partition coefficient (Wildman–Crippen LogP) is 1.06. The molecule has 0 saturated carbocycles. The number of halogens is 1. The number of nitrogens with zero attached hydrogens (tertiary/aromatic N) is 2. The summed E-state index contributed by atoms with van der Waals surface area (Å²) in [5, 5.41) is 3.70. The lowest BCUT2D eigenvalue weighted by molar-refractivity contribution is -0.128. The van der Waals surface area contributed by atoms with Crippen molar-refractivity contribution in [3.63, 3.8) is 0 Å². The van der Waals surface area contributed by atoms with Gasteiger partial charge in [0.25, 0.3) is 0 Å². The molecule has 1 aliphatic heterocycles. The minimum absolute atomic E-state index is 0.0822. The van der Waals surface area contributed by atoms with Gasteiger partial charge in [-0.1, -0.05) is 17.7 Å². The number of likely N-dealkylation sites (N-methyl/N-ethyl adjacent to an activating group) is 1. The Balaban J connectivity index is 1.93. The Morgan fingerprint density at radius 1 is 1.69 bits per heavy atom. The molecule has 4 nitrogen and oxygen atoms in total. The van der Waals surface area contributed by atoms with E-state index in [2.05, 4.69) is 10.3 Å². The van der Waals surface area contributed by atoms with Crippen molar-refractivity contribution in [2.24, 2.45) is 0 Å². The second-order valence-corrected chi connectivity index (χ2v) is 4.29. The Kier molecular flexibility index (Phi) is 3.41. The number of hydrogen-bond acceptors (Lipinski definition) is 3. The lowest BCUT2D eigenvalue weighted by Gasteiger charge is -2.12. The first-order chi connectivity index (χ1) is 7.68. The molecule has 1 amide bonds. The first-order valence-electron chi connectivity index (χ1n) is 5.26. The van der Waals surface area contributed by atoms with Gasteiger partial charge in [0.05, 0.1) is 6.04 Å². The van der Waals surface area contributed by atoms with Crippen LogP contribution in [0.3, 0.4) is 0 Å². The largest absolute Gasteiger partial charge is 0.344 e. The molecule has 0 bridgehead atoms. The van der Waals surface area contributed by atoms with Gasteiger partial charge in [-0.15, -0.1) is 0 Å². The molecule has 5 heteroatoms. The van der Waals surface area contributed by atoms with Gasteiger partial charge in [0.2, 0.25) is 5.91 Å². The van der Waals surface area contributed by atoms with Gasteiger partial charge in [-0.3, -0.25) is 4.79 Å². The summed E-state index contributed by atoms with van der Waals surface area (Å²) in [7, 11) is 1.82. The summed E-state index contributed by atoms with van der Waals surface area (Å²) in [6, 6.07) is 3.66. The average Bonchev–Trinajstić information content (AvgIpc) is 2.59. The molecular formula is C11H14ClN3O. The van der Waals surface area contributed by atoms with Crippen LogP contribution in [0.25, 0.3) is 0 Å². The fourth-order valence-corrected chi connectivity index (χ4v) is 1.98. The number of pyridine rings is 1. The van der Waals surface area contributed by atoms with E-state index >= 15 is 0 Å². The number of carbonyl (C=O) groups excluding carboxylic acids is 1. The zero-order valence-electron chi connectivity index (χ0n) is 9.11. The molecule has 1 aliphatic rings. The fourth-order valence-electron chi connectivity index (χ4n) is 1.80. The maximum Gasteiger partial charge on any atom is 0.239 e. The van der Waals surface area contributed by atoms with Crippen molar-refractivity contribution >= 4 is 17.5 Å². The van der Waals surface area contributed by atoms with E-state index in [1.54, 1.807) is 11.1 Å². The molecule has 1 saturated heterocycles. The number of rotatable bonds is 3. The van der Waals surface area contributed by atoms with Crippen molar-refractivity contribution in [3.05, 3.63) is 29.0 Å². The summed E-state index contributed by atoms with van der Waals surface area (Å²) in [5.74, 6) is 0.153. The number of nitrogens with one attached hydrogen (secondary N) is 1. The number of carbonyl (C=O) groups is 1. The van der Waals surface area contributed by atoms with Gasteiger partial charge >= 0.3 is 0 Å². The second-order valence-electron chi connectivity index (χ2n) is 3.94. The van der Waals surface area contributed by atoms with Crippen LogP contribution in [0.5, 0.6) is 0 Å². The van der Waals surface area contributed by atoms with Gasteiger partial charge in [0.15, 0.2) is 0 Å². The Hall–Kier alpha value is -1.13. The Bertz CT molecular complexity index is 397. The maximum absolute atomic E-state index is 11.6. The minimum Gasteiger partial charge on any atom is -0.344 e. The van der Waals surface area contributed by atoms with Crippen molar-refractivity contribution in [1.82, 2.24) is 15.2 Å². The number of aromatic nitrogens is 1. The molecule has 1 fully saturated rings. The van der Waals surface area contributed by atoms with E-state index in [4.69, 9.17) is 11.6 Å². The van der Waals surface area contributed by atoms with E-state index in [1.165, 1.54) is 0 Å². The molecule has 2 heterocycles. The van der Waals surface area contributed by atoms with Crippen LogP contribution in [0.1, 0.15) is 12.0 Å². The molecule has 1 atom stereocenters. The van der Waals surface area contributed by atoms with Crippen LogP contribution in [0.4, 0.5) is 0 Å². The first-order valence-corrected chi connectivity index (χ1v) is 5.64. The highest BCUT2D eigenvalue weighted by molar-refractivity contribution is 6.30. The lowest BCUT2D eigenvalue weighted by atomic mass is 10.2. The highest BCUT2D eigenvalue weighted by atomic mass is 35.5. The van der Waals surface area contributed by atoms with E-state index in [1.807, 2.05) is 19.2 Å². The number of amides is 1. The summed E-state index contributed by atoms with van der Waals surface area (Å²) < 4.78 is 0. The zero-order valence-corrected chi connectivity index (χ0v) is 9.87. The van der Waals surface area contributed by atoms with E-state index in [-0.39, 0.29) is 11.9 Å². The zero-order chi connectivity index (χ0) is 11.5. The van der Waals surface area contributed by atoms with E-state index < -0.39 is 0 Å². The molecule has 1 unspecified atom stereocenters. The molecule has 1 N–H and O–H groups in total. The van der Waals surface area contributed by atoms with Crippen LogP contribution in [-0.4, -0.2) is 35.4 Å². The topological polar surface area (TPSA) is 45.2 Å². The highest BCUT2D eigenvalue weighted by Crippen LogP contribution is 2.13. The van der Waals surface area contributed by atoms with Gasteiger partial charge < -0.3 is 10.2 Å². The van der Waals surface area contributed by atoms with Crippen LogP contribution in [0.2, 0.25) is 5.15 Å². The third kappa shape index (κ3) is 2.33. The van der Waals surface area contributed by atoms with E-state index in [0.29, 0.717) is 11.7 Å². The monoisotopic (exact) mass is 239 g/mol. The molecule has 16 heavy (non-hydrogen) atoms. The van der Waals surface area contributed by atoms with Gasteiger partial charge in [-0.25, -0.2) is 4.98 Å². The van der Waals surface area contributed by atoms with Gasteiger partial charge in [0.1, 0.15) is 5.15 Å². The lowest BCUT2D eigenvalue weighted by Crippen LogP contribution is -2.36. The molecule has 0 radical (unpaired) electrons. The van der Waals surface area contributed by atoms with Crippen molar-refractivity contribution in [2.45, 2.75) is 19.0 Å². The van der Waals surface area contributed by atoms with E-state index in [9.17, 15) is 4.79 Å². The van der Waals surface area contributed by atoms with E-state index in [0.717, 1.165) is 18.5 Å². The van der Waals surface area contributed by atoms with Crippen LogP contribution >= 0.6 is 11.6 Å². The molecule has 1 aromatic rings. The van der Waals surface area contributed by atoms with Crippen molar-refractivity contribution in [1.29, 1.82) is 0 Å². The summed E-state index contributed by atoms with van der Waals surface area (Å²) in [5.41, 5.74) is 0.923. The number of hydrogen-bond donors (Lipinski definition) is 1. The summed E-state index contributed by atoms with van der Waals surface area (Å²) in [6.07, 6.45) is 2.51. The minimum atomic E-state index is -0.0822. The molecule has 1 aromatic heterocycles. The van der Waals surface area contributed by atoms with Gasteiger partial charge in [-0.2, -0.15) is 0 Å². The summed E-state index contributed by atoms with van der Waals surface area (Å²) >= 11 is 5.93.